The standard InChI is InChI=1S/C25H48N4O2P2/c1-7-26(8-2)32(27(9-3)10-4)24-16-11-17-25(24)33(28-18-12-14-22(28)20-30-5)29-19-13-15-23(29)21-31-6/h11,16-17,22-23,25H,7-10,12-15,18-21H2,1-6H3/t22-,23-,25-/m1/s1. The van der Waals surface area contributed by atoms with Gasteiger partial charge in [-0.1, -0.05) is 45.9 Å². The van der Waals surface area contributed by atoms with E-state index in [1.807, 2.05) is 14.2 Å². The fourth-order valence-corrected chi connectivity index (χ4v) is 12.2. The first-order valence-electron chi connectivity index (χ1n) is 13.1. The largest absolute Gasteiger partial charge is 0.383 e. The third-order valence-electron chi connectivity index (χ3n) is 7.28. The summed E-state index contributed by atoms with van der Waals surface area (Å²) >= 11 is 0. The summed E-state index contributed by atoms with van der Waals surface area (Å²) in [6.07, 6.45) is 12.5. The Morgan fingerprint density at radius 1 is 0.848 bits per heavy atom. The second-order valence-electron chi connectivity index (χ2n) is 9.14. The molecule has 190 valence electrons. The zero-order chi connectivity index (χ0) is 23.8. The van der Waals surface area contributed by atoms with E-state index in [0.29, 0.717) is 17.7 Å². The number of methoxy groups -OCH3 is 2. The summed E-state index contributed by atoms with van der Waals surface area (Å²) in [7, 11) is 2.77. The topological polar surface area (TPSA) is 31.4 Å². The molecule has 0 amide bonds. The van der Waals surface area contributed by atoms with Crippen LogP contribution in [-0.4, -0.2) is 103 Å². The molecule has 0 saturated carbocycles. The molecule has 0 aromatic carbocycles. The molecule has 33 heavy (non-hydrogen) atoms. The Balaban J connectivity index is 1.99. The molecule has 2 saturated heterocycles. The van der Waals surface area contributed by atoms with Crippen LogP contribution in [0.15, 0.2) is 23.5 Å². The van der Waals surface area contributed by atoms with Crippen LogP contribution >= 0.6 is 16.4 Å². The predicted molar refractivity (Wildman–Crippen MR) is 144 cm³/mol. The van der Waals surface area contributed by atoms with Crippen LogP contribution in [0.5, 0.6) is 0 Å². The van der Waals surface area contributed by atoms with Crippen LogP contribution in [0.3, 0.4) is 0 Å². The number of rotatable bonds is 14. The van der Waals surface area contributed by atoms with E-state index in [2.05, 4.69) is 64.6 Å². The third-order valence-corrected chi connectivity index (χ3v) is 13.6. The molecule has 0 spiro atoms. The summed E-state index contributed by atoms with van der Waals surface area (Å²) in [5, 5.41) is 1.66. The molecule has 8 heteroatoms. The number of ether oxygens (including phenoxy) is 2. The molecule has 3 rings (SSSR count). The highest BCUT2D eigenvalue weighted by atomic mass is 31.1. The molecule has 3 aliphatic rings. The van der Waals surface area contributed by atoms with Crippen molar-refractivity contribution in [1.29, 1.82) is 0 Å². The zero-order valence-electron chi connectivity index (χ0n) is 21.9. The van der Waals surface area contributed by atoms with Gasteiger partial charge in [0.2, 0.25) is 0 Å². The molecule has 0 bridgehead atoms. The average Bonchev–Trinajstić information content (AvgIpc) is 3.58. The van der Waals surface area contributed by atoms with Crippen LogP contribution in [-0.2, 0) is 9.47 Å². The monoisotopic (exact) mass is 498 g/mol. The lowest BCUT2D eigenvalue weighted by Gasteiger charge is -2.47. The van der Waals surface area contributed by atoms with Crippen LogP contribution in [0.1, 0.15) is 53.4 Å². The minimum Gasteiger partial charge on any atom is -0.383 e. The van der Waals surface area contributed by atoms with Crippen molar-refractivity contribution in [3.8, 4) is 0 Å². The van der Waals surface area contributed by atoms with Gasteiger partial charge in [0, 0.05) is 65.6 Å². The molecule has 0 aromatic rings. The summed E-state index contributed by atoms with van der Waals surface area (Å²) < 4.78 is 22.6. The van der Waals surface area contributed by atoms with Crippen molar-refractivity contribution in [3.05, 3.63) is 23.5 Å². The lowest BCUT2D eigenvalue weighted by atomic mass is 10.2. The predicted octanol–water partition coefficient (Wildman–Crippen LogP) is 5.34. The first-order chi connectivity index (χ1) is 16.1. The van der Waals surface area contributed by atoms with Gasteiger partial charge in [-0.05, 0) is 31.0 Å². The summed E-state index contributed by atoms with van der Waals surface area (Å²) in [6.45, 7) is 17.8. The van der Waals surface area contributed by atoms with Gasteiger partial charge in [-0.3, -0.25) is 18.7 Å². The highest BCUT2D eigenvalue weighted by Crippen LogP contribution is 2.65. The minimum atomic E-state index is -0.493. The quantitative estimate of drug-likeness (QED) is 0.301. The Labute approximate surface area is 206 Å². The first-order valence-corrected chi connectivity index (χ1v) is 15.7. The number of hydrogen-bond donors (Lipinski definition) is 0. The molecule has 2 fully saturated rings. The van der Waals surface area contributed by atoms with E-state index in [4.69, 9.17) is 9.47 Å². The highest BCUT2D eigenvalue weighted by Gasteiger charge is 2.46. The van der Waals surface area contributed by atoms with E-state index in [1.165, 1.54) is 38.8 Å². The van der Waals surface area contributed by atoms with Crippen LogP contribution in [0.25, 0.3) is 0 Å². The first kappa shape index (κ1) is 27.7. The van der Waals surface area contributed by atoms with Gasteiger partial charge in [0.1, 0.15) is 0 Å². The van der Waals surface area contributed by atoms with Gasteiger partial charge >= 0.3 is 0 Å². The third kappa shape index (κ3) is 6.27. The fraction of sp³-hybridized carbons (Fsp3) is 0.840. The molecule has 0 radical (unpaired) electrons. The molecular formula is C25H48N4O2P2. The van der Waals surface area contributed by atoms with E-state index in [1.54, 1.807) is 5.31 Å². The van der Waals surface area contributed by atoms with Gasteiger partial charge in [-0.2, -0.15) is 0 Å². The Kier molecular flexibility index (Phi) is 11.7. The fourth-order valence-electron chi connectivity index (χ4n) is 5.70. The molecule has 3 atom stereocenters. The molecule has 0 unspecified atom stereocenters. The molecule has 1 aliphatic carbocycles. The number of hydrogen-bond acceptors (Lipinski definition) is 6. The summed E-state index contributed by atoms with van der Waals surface area (Å²) in [5.74, 6) is 0. The SMILES string of the molecule is CCN(CC)P(C1=CC=C[C@H]1P(N1CCC[C@@H]1COC)N1CCC[C@@H]1COC)N(CC)CC. The minimum absolute atomic E-state index is 0.468. The summed E-state index contributed by atoms with van der Waals surface area (Å²) in [6, 6.07) is 1.07. The van der Waals surface area contributed by atoms with E-state index in [9.17, 15) is 0 Å². The normalized spacial score (nSPS) is 26.7. The van der Waals surface area contributed by atoms with Gasteiger partial charge in [0.15, 0.2) is 0 Å². The Bertz CT molecular complexity index is 606. The zero-order valence-corrected chi connectivity index (χ0v) is 23.7. The van der Waals surface area contributed by atoms with Gasteiger partial charge in [0.25, 0.3) is 0 Å². The van der Waals surface area contributed by atoms with Crippen molar-refractivity contribution < 1.29 is 9.47 Å². The second kappa shape index (κ2) is 14.0. The van der Waals surface area contributed by atoms with E-state index in [0.717, 1.165) is 39.4 Å². The molecular weight excluding hydrogens is 450 g/mol. The Hall–Kier alpha value is 0.100. The average molecular weight is 499 g/mol. The van der Waals surface area contributed by atoms with Crippen molar-refractivity contribution in [2.75, 3.05) is 66.7 Å². The smallest absolute Gasteiger partial charge is 0.0692 e. The lowest BCUT2D eigenvalue weighted by Crippen LogP contribution is -2.42. The van der Waals surface area contributed by atoms with E-state index >= 15 is 0 Å². The maximum atomic E-state index is 5.71. The summed E-state index contributed by atoms with van der Waals surface area (Å²) in [5.41, 5.74) is 0.488. The van der Waals surface area contributed by atoms with Gasteiger partial charge in [-0.25, -0.2) is 0 Å². The molecule has 2 aliphatic heterocycles. The molecule has 0 N–H and O–H groups in total. The van der Waals surface area contributed by atoms with E-state index < -0.39 is 16.4 Å². The molecule has 0 aromatic heterocycles. The van der Waals surface area contributed by atoms with E-state index in [-0.39, 0.29) is 0 Å². The highest BCUT2D eigenvalue weighted by molar-refractivity contribution is 7.61. The maximum Gasteiger partial charge on any atom is 0.0692 e. The van der Waals surface area contributed by atoms with Crippen molar-refractivity contribution in [2.45, 2.75) is 71.1 Å². The van der Waals surface area contributed by atoms with Crippen LogP contribution in [0, 0.1) is 0 Å². The van der Waals surface area contributed by atoms with Gasteiger partial charge < -0.3 is 9.47 Å². The Morgan fingerprint density at radius 2 is 1.33 bits per heavy atom. The lowest BCUT2D eigenvalue weighted by molar-refractivity contribution is 0.137. The second-order valence-corrected chi connectivity index (χ2v) is 13.6. The molecule has 2 heterocycles. The van der Waals surface area contributed by atoms with Crippen LogP contribution in [0.4, 0.5) is 0 Å². The van der Waals surface area contributed by atoms with Gasteiger partial charge in [-0.15, -0.1) is 0 Å². The van der Waals surface area contributed by atoms with Crippen LogP contribution < -0.4 is 0 Å². The summed E-state index contributed by atoms with van der Waals surface area (Å²) in [4.78, 5) is 0. The van der Waals surface area contributed by atoms with Crippen molar-refractivity contribution in [1.82, 2.24) is 18.7 Å². The maximum absolute atomic E-state index is 5.71. The van der Waals surface area contributed by atoms with Gasteiger partial charge in [0.05, 0.1) is 35.3 Å². The van der Waals surface area contributed by atoms with Crippen molar-refractivity contribution in [3.63, 3.8) is 0 Å². The Morgan fingerprint density at radius 3 is 1.76 bits per heavy atom. The van der Waals surface area contributed by atoms with Crippen molar-refractivity contribution in [2.24, 2.45) is 0 Å². The molecule has 6 nitrogen and oxygen atoms in total. The van der Waals surface area contributed by atoms with Crippen LogP contribution in [0.2, 0.25) is 0 Å². The number of allylic oxidation sites excluding steroid dienone is 4. The van der Waals surface area contributed by atoms with Crippen molar-refractivity contribution >= 4 is 16.4 Å². The number of nitrogens with zero attached hydrogens (tertiary/aromatic N) is 4.